The van der Waals surface area contributed by atoms with Crippen LogP contribution in [0.4, 0.5) is 5.69 Å². The highest BCUT2D eigenvalue weighted by Gasteiger charge is 2.23. The molecule has 172 valence electrons. The maximum absolute atomic E-state index is 13.1. The van der Waals surface area contributed by atoms with Crippen LogP contribution >= 0.6 is 0 Å². The van der Waals surface area contributed by atoms with Gasteiger partial charge in [0.2, 0.25) is 11.8 Å². The number of hydroxylamine groups is 1. The first-order valence-corrected chi connectivity index (χ1v) is 10.7. The Labute approximate surface area is 190 Å². The van der Waals surface area contributed by atoms with Crippen molar-refractivity contribution in [1.29, 1.82) is 0 Å². The lowest BCUT2D eigenvalue weighted by molar-refractivity contribution is -0.129. The molecule has 1 aromatic heterocycles. The fourth-order valence-corrected chi connectivity index (χ4v) is 3.46. The minimum atomic E-state index is -0.872. The molecular formula is C24H26N4O5. The van der Waals surface area contributed by atoms with Crippen LogP contribution in [-0.2, 0) is 9.59 Å². The number of pyridine rings is 1. The number of phenolic OH excluding ortho intramolecular Hbond substituents is 1. The zero-order valence-electron chi connectivity index (χ0n) is 18.0. The van der Waals surface area contributed by atoms with Crippen LogP contribution in [0.1, 0.15) is 42.5 Å². The first kappa shape index (κ1) is 23.7. The van der Waals surface area contributed by atoms with E-state index >= 15 is 0 Å². The van der Waals surface area contributed by atoms with Gasteiger partial charge in [-0.15, -0.1) is 0 Å². The van der Waals surface area contributed by atoms with Crippen LogP contribution in [0, 0.1) is 0 Å². The fourth-order valence-electron chi connectivity index (χ4n) is 3.46. The maximum atomic E-state index is 13.1. The topological polar surface area (TPSA) is 141 Å². The smallest absolute Gasteiger partial charge is 0.255 e. The van der Waals surface area contributed by atoms with E-state index in [1.54, 1.807) is 42.0 Å². The first-order valence-electron chi connectivity index (χ1n) is 10.7. The van der Waals surface area contributed by atoms with Crippen molar-refractivity contribution in [2.75, 3.05) is 5.32 Å². The summed E-state index contributed by atoms with van der Waals surface area (Å²) in [4.78, 5) is 41.3. The first-order chi connectivity index (χ1) is 16.0. The summed E-state index contributed by atoms with van der Waals surface area (Å²) in [6, 6.07) is 14.4. The minimum absolute atomic E-state index is 0.0711. The number of carbonyl (C=O) groups is 3. The number of anilines is 1. The number of aromatic hydroxyl groups is 1. The van der Waals surface area contributed by atoms with Crippen LogP contribution in [0.25, 0.3) is 10.9 Å². The molecule has 0 saturated carbocycles. The van der Waals surface area contributed by atoms with E-state index in [0.29, 0.717) is 36.9 Å². The van der Waals surface area contributed by atoms with Crippen molar-refractivity contribution in [3.05, 3.63) is 66.4 Å². The van der Waals surface area contributed by atoms with E-state index in [2.05, 4.69) is 15.6 Å². The molecule has 2 aromatic carbocycles. The number of unbranched alkanes of at least 4 members (excludes halogenated alkanes) is 2. The molecule has 1 heterocycles. The lowest BCUT2D eigenvalue weighted by Crippen LogP contribution is -2.43. The van der Waals surface area contributed by atoms with E-state index in [-0.39, 0.29) is 17.7 Å². The Morgan fingerprint density at radius 2 is 1.73 bits per heavy atom. The normalized spacial score (nSPS) is 11.5. The van der Waals surface area contributed by atoms with Crippen molar-refractivity contribution in [2.24, 2.45) is 0 Å². The molecule has 3 aromatic rings. The molecule has 3 rings (SSSR count). The van der Waals surface area contributed by atoms with Gasteiger partial charge < -0.3 is 15.7 Å². The number of fused-ring (bicyclic) bond motifs is 1. The fraction of sp³-hybridized carbons (Fsp3) is 0.250. The van der Waals surface area contributed by atoms with Gasteiger partial charge in [0.15, 0.2) is 0 Å². The lowest BCUT2D eigenvalue weighted by atomic mass is 10.0. The summed E-state index contributed by atoms with van der Waals surface area (Å²) in [5, 5.41) is 25.0. The standard InChI is InChI=1S/C24H26N4O5/c29-20-13-5-4-10-17(20)23(31)27-19(11-2-1-3-14-21(30)28-33)24(32)26-18-12-6-8-16-9-7-15-25-22(16)18/h4-10,12-13,15,19,29,33H,1-3,11,14H2,(H,26,32)(H,27,31)(H,28,30)/t19-/m0/s1. The van der Waals surface area contributed by atoms with E-state index < -0.39 is 23.8 Å². The number of hydrogen-bond donors (Lipinski definition) is 5. The van der Waals surface area contributed by atoms with Crippen LogP contribution in [0.15, 0.2) is 60.8 Å². The monoisotopic (exact) mass is 450 g/mol. The van der Waals surface area contributed by atoms with E-state index in [9.17, 15) is 19.5 Å². The molecule has 0 aliphatic rings. The van der Waals surface area contributed by atoms with Crippen molar-refractivity contribution in [3.8, 4) is 5.75 Å². The minimum Gasteiger partial charge on any atom is -0.507 e. The van der Waals surface area contributed by atoms with Crippen molar-refractivity contribution in [1.82, 2.24) is 15.8 Å². The molecule has 33 heavy (non-hydrogen) atoms. The maximum Gasteiger partial charge on any atom is 0.255 e. The highest BCUT2D eigenvalue weighted by molar-refractivity contribution is 6.05. The zero-order valence-corrected chi connectivity index (χ0v) is 18.0. The average molecular weight is 450 g/mol. The molecule has 0 saturated heterocycles. The Balaban J connectivity index is 1.72. The summed E-state index contributed by atoms with van der Waals surface area (Å²) in [5.74, 6) is -1.63. The number of aromatic nitrogens is 1. The molecule has 3 amide bonds. The zero-order chi connectivity index (χ0) is 23.6. The van der Waals surface area contributed by atoms with Crippen LogP contribution in [0.5, 0.6) is 5.75 Å². The Bertz CT molecular complexity index is 1130. The number of para-hydroxylation sites is 2. The van der Waals surface area contributed by atoms with Gasteiger partial charge in [0.1, 0.15) is 11.8 Å². The van der Waals surface area contributed by atoms with Crippen LogP contribution in [0.2, 0.25) is 0 Å². The third-order valence-corrected chi connectivity index (χ3v) is 5.18. The second kappa shape index (κ2) is 11.6. The molecule has 0 radical (unpaired) electrons. The number of hydrogen-bond acceptors (Lipinski definition) is 6. The summed E-state index contributed by atoms with van der Waals surface area (Å²) in [6.07, 6.45) is 3.84. The van der Waals surface area contributed by atoms with E-state index in [0.717, 1.165) is 5.39 Å². The van der Waals surface area contributed by atoms with Gasteiger partial charge in [0, 0.05) is 18.0 Å². The SMILES string of the molecule is O=C(CCCCC[C@H](NC(=O)c1ccccc1O)C(=O)Nc1cccc2cccnc12)NO. The number of benzene rings is 2. The molecule has 0 fully saturated rings. The van der Waals surface area contributed by atoms with Crippen LogP contribution < -0.4 is 16.1 Å². The van der Waals surface area contributed by atoms with Gasteiger partial charge in [-0.05, 0) is 37.1 Å². The molecule has 0 unspecified atom stereocenters. The van der Waals surface area contributed by atoms with Crippen molar-refractivity contribution >= 4 is 34.3 Å². The number of phenols is 1. The summed E-state index contributed by atoms with van der Waals surface area (Å²) < 4.78 is 0. The Hall–Kier alpha value is -3.98. The number of nitrogens with one attached hydrogen (secondary N) is 3. The molecule has 0 bridgehead atoms. The van der Waals surface area contributed by atoms with Crippen molar-refractivity contribution in [2.45, 2.75) is 38.1 Å². The molecular weight excluding hydrogens is 424 g/mol. The highest BCUT2D eigenvalue weighted by Crippen LogP contribution is 2.22. The van der Waals surface area contributed by atoms with Crippen molar-refractivity contribution < 1.29 is 24.7 Å². The quantitative estimate of drug-likeness (QED) is 0.183. The Morgan fingerprint density at radius 3 is 2.52 bits per heavy atom. The predicted molar refractivity (Wildman–Crippen MR) is 123 cm³/mol. The number of nitrogens with zero attached hydrogens (tertiary/aromatic N) is 1. The van der Waals surface area contributed by atoms with E-state index in [1.807, 2.05) is 12.1 Å². The Morgan fingerprint density at radius 1 is 0.939 bits per heavy atom. The summed E-state index contributed by atoms with van der Waals surface area (Å²) in [5.41, 5.74) is 2.82. The summed E-state index contributed by atoms with van der Waals surface area (Å²) in [6.45, 7) is 0. The predicted octanol–water partition coefficient (Wildman–Crippen LogP) is 3.13. The van der Waals surface area contributed by atoms with Gasteiger partial charge in [-0.1, -0.05) is 43.2 Å². The molecule has 1 atom stereocenters. The molecule has 9 nitrogen and oxygen atoms in total. The number of rotatable bonds is 10. The molecule has 0 aliphatic heterocycles. The van der Waals surface area contributed by atoms with Gasteiger partial charge in [-0.2, -0.15) is 0 Å². The summed E-state index contributed by atoms with van der Waals surface area (Å²) in [7, 11) is 0. The molecule has 0 spiro atoms. The molecule has 5 N–H and O–H groups in total. The molecule has 0 aliphatic carbocycles. The third-order valence-electron chi connectivity index (χ3n) is 5.18. The van der Waals surface area contributed by atoms with Gasteiger partial charge >= 0.3 is 0 Å². The second-order valence-electron chi connectivity index (χ2n) is 7.55. The van der Waals surface area contributed by atoms with Gasteiger partial charge in [0.25, 0.3) is 5.91 Å². The highest BCUT2D eigenvalue weighted by atomic mass is 16.5. The van der Waals surface area contributed by atoms with Crippen molar-refractivity contribution in [3.63, 3.8) is 0 Å². The number of amides is 3. The van der Waals surface area contributed by atoms with Gasteiger partial charge in [0.05, 0.1) is 16.8 Å². The van der Waals surface area contributed by atoms with E-state index in [4.69, 9.17) is 5.21 Å². The second-order valence-corrected chi connectivity index (χ2v) is 7.55. The van der Waals surface area contributed by atoms with E-state index in [1.165, 1.54) is 12.1 Å². The third kappa shape index (κ3) is 6.50. The van der Waals surface area contributed by atoms with Gasteiger partial charge in [-0.3, -0.25) is 24.6 Å². The van der Waals surface area contributed by atoms with Crippen LogP contribution in [0.3, 0.4) is 0 Å². The Kier molecular flexibility index (Phi) is 8.31. The van der Waals surface area contributed by atoms with Crippen LogP contribution in [-0.4, -0.2) is 39.1 Å². The largest absolute Gasteiger partial charge is 0.507 e. The average Bonchev–Trinajstić information content (AvgIpc) is 2.83. The molecule has 9 heteroatoms. The number of carbonyl (C=O) groups excluding carboxylic acids is 3. The lowest BCUT2D eigenvalue weighted by Gasteiger charge is -2.19. The summed E-state index contributed by atoms with van der Waals surface area (Å²) >= 11 is 0. The van der Waals surface area contributed by atoms with Gasteiger partial charge in [-0.25, -0.2) is 5.48 Å².